The van der Waals surface area contributed by atoms with Crippen LogP contribution in [0.15, 0.2) is 42.5 Å². The van der Waals surface area contributed by atoms with E-state index in [1.54, 1.807) is 12.1 Å². The largest absolute Gasteiger partial charge is 0.465 e. The number of benzene rings is 2. The maximum Gasteiger partial charge on any atom is 0.337 e. The minimum atomic E-state index is -0.368. The van der Waals surface area contributed by atoms with Crippen molar-refractivity contribution in [3.8, 4) is 0 Å². The van der Waals surface area contributed by atoms with Gasteiger partial charge in [0, 0.05) is 23.0 Å². The number of anilines is 1. The van der Waals surface area contributed by atoms with E-state index in [-0.39, 0.29) is 5.97 Å². The van der Waals surface area contributed by atoms with E-state index >= 15 is 0 Å². The van der Waals surface area contributed by atoms with Gasteiger partial charge in [-0.3, -0.25) is 0 Å². The van der Waals surface area contributed by atoms with Crippen LogP contribution >= 0.6 is 35.6 Å². The summed E-state index contributed by atoms with van der Waals surface area (Å²) in [6.45, 7) is 2.73. The van der Waals surface area contributed by atoms with E-state index in [2.05, 4.69) is 16.7 Å². The van der Waals surface area contributed by atoms with E-state index in [1.807, 2.05) is 43.0 Å². The second kappa shape index (κ2) is 11.2. The molecule has 0 aliphatic rings. The monoisotopic (exact) mass is 422 g/mol. The van der Waals surface area contributed by atoms with Gasteiger partial charge < -0.3 is 15.4 Å². The van der Waals surface area contributed by atoms with Crippen molar-refractivity contribution in [3.05, 3.63) is 64.2 Å². The van der Waals surface area contributed by atoms with Gasteiger partial charge in [0.05, 0.1) is 12.7 Å². The van der Waals surface area contributed by atoms with E-state index < -0.39 is 0 Å². The first-order chi connectivity index (χ1) is 13.0. The number of methoxy groups -OCH3 is 1. The third-order valence-electron chi connectivity index (χ3n) is 3.87. The number of thiocarbonyl (C=S) groups is 1. The first-order valence-corrected chi connectivity index (χ1v) is 10.5. The van der Waals surface area contributed by atoms with Crippen LogP contribution in [0.4, 0.5) is 5.69 Å². The van der Waals surface area contributed by atoms with E-state index in [1.165, 1.54) is 7.11 Å². The SMILES string of the molecule is COC(=O)c1ccc(C)c(NC(=S)NCCCSCc2ccccc2Cl)c1. The van der Waals surface area contributed by atoms with Gasteiger partial charge in [-0.05, 0) is 60.6 Å². The molecule has 0 heterocycles. The zero-order valence-electron chi connectivity index (χ0n) is 15.4. The Kier molecular flexibility index (Phi) is 8.91. The van der Waals surface area contributed by atoms with E-state index in [0.29, 0.717) is 10.7 Å². The second-order valence-electron chi connectivity index (χ2n) is 5.90. The number of hydrogen-bond donors (Lipinski definition) is 2. The summed E-state index contributed by atoms with van der Waals surface area (Å²) in [7, 11) is 1.37. The highest BCUT2D eigenvalue weighted by molar-refractivity contribution is 7.98. The van der Waals surface area contributed by atoms with Crippen molar-refractivity contribution in [2.24, 2.45) is 0 Å². The van der Waals surface area contributed by atoms with Crippen LogP contribution in [0.1, 0.15) is 27.9 Å². The number of esters is 1. The Balaban J connectivity index is 1.70. The van der Waals surface area contributed by atoms with Crippen molar-refractivity contribution < 1.29 is 9.53 Å². The van der Waals surface area contributed by atoms with Gasteiger partial charge in [0.2, 0.25) is 0 Å². The van der Waals surface area contributed by atoms with Crippen LogP contribution < -0.4 is 10.6 Å². The van der Waals surface area contributed by atoms with Crippen molar-refractivity contribution >= 4 is 52.3 Å². The average molecular weight is 423 g/mol. The predicted molar refractivity (Wildman–Crippen MR) is 119 cm³/mol. The molecule has 0 unspecified atom stereocenters. The Morgan fingerprint density at radius 3 is 2.78 bits per heavy atom. The van der Waals surface area contributed by atoms with Crippen LogP contribution in [-0.2, 0) is 10.5 Å². The predicted octanol–water partition coefficient (Wildman–Crippen LogP) is 5.04. The molecule has 0 saturated carbocycles. The van der Waals surface area contributed by atoms with E-state index in [4.69, 9.17) is 28.6 Å². The molecule has 2 aromatic rings. The molecule has 0 atom stereocenters. The first-order valence-electron chi connectivity index (χ1n) is 8.56. The minimum absolute atomic E-state index is 0.368. The number of hydrogen-bond acceptors (Lipinski definition) is 4. The molecule has 0 radical (unpaired) electrons. The summed E-state index contributed by atoms with van der Waals surface area (Å²) >= 11 is 13.3. The van der Waals surface area contributed by atoms with Crippen molar-refractivity contribution in [2.75, 3.05) is 24.7 Å². The molecule has 0 aliphatic carbocycles. The lowest BCUT2D eigenvalue weighted by molar-refractivity contribution is 0.0601. The number of aryl methyl sites for hydroxylation is 1. The van der Waals surface area contributed by atoms with Gasteiger partial charge >= 0.3 is 5.97 Å². The van der Waals surface area contributed by atoms with Crippen molar-refractivity contribution in [1.82, 2.24) is 5.32 Å². The highest BCUT2D eigenvalue weighted by Gasteiger charge is 2.09. The molecule has 2 rings (SSSR count). The number of rotatable bonds is 8. The van der Waals surface area contributed by atoms with Gasteiger partial charge in [-0.15, -0.1) is 0 Å². The molecular formula is C20H23ClN2O2S2. The molecule has 2 aromatic carbocycles. The normalized spacial score (nSPS) is 10.3. The highest BCUT2D eigenvalue weighted by Crippen LogP contribution is 2.21. The van der Waals surface area contributed by atoms with Gasteiger partial charge in [0.1, 0.15) is 0 Å². The van der Waals surface area contributed by atoms with Crippen molar-refractivity contribution in [2.45, 2.75) is 19.1 Å². The number of halogens is 1. The number of ether oxygens (including phenoxy) is 1. The standard InChI is InChI=1S/C20H23ClN2O2S2/c1-14-8-9-15(19(24)25-2)12-18(14)23-20(26)22-10-5-11-27-13-16-6-3-4-7-17(16)21/h3-4,6-9,12H,5,10-11,13H2,1-2H3,(H2,22,23,26). The fraction of sp³-hybridized carbons (Fsp3) is 0.300. The minimum Gasteiger partial charge on any atom is -0.465 e. The Bertz CT molecular complexity index is 799. The maximum atomic E-state index is 11.6. The van der Waals surface area contributed by atoms with E-state index in [0.717, 1.165) is 46.3 Å². The van der Waals surface area contributed by atoms with Gasteiger partial charge in [0.15, 0.2) is 5.11 Å². The molecule has 2 N–H and O–H groups in total. The lowest BCUT2D eigenvalue weighted by Gasteiger charge is -2.13. The molecule has 0 aliphatic heterocycles. The molecule has 0 fully saturated rings. The van der Waals surface area contributed by atoms with Gasteiger partial charge in [-0.1, -0.05) is 35.9 Å². The molecule has 0 aromatic heterocycles. The summed E-state index contributed by atoms with van der Waals surface area (Å²) in [5.74, 6) is 1.55. The van der Waals surface area contributed by atoms with Crippen LogP contribution in [0.25, 0.3) is 0 Å². The number of carbonyl (C=O) groups excluding carboxylic acids is 1. The number of nitrogens with one attached hydrogen (secondary N) is 2. The fourth-order valence-electron chi connectivity index (χ4n) is 2.34. The quantitative estimate of drug-likeness (QED) is 0.353. The van der Waals surface area contributed by atoms with Crippen molar-refractivity contribution in [1.29, 1.82) is 0 Å². The smallest absolute Gasteiger partial charge is 0.337 e. The summed E-state index contributed by atoms with van der Waals surface area (Å²) in [4.78, 5) is 11.6. The van der Waals surface area contributed by atoms with Crippen LogP contribution in [-0.4, -0.2) is 30.5 Å². The van der Waals surface area contributed by atoms with Gasteiger partial charge in [-0.2, -0.15) is 11.8 Å². The summed E-state index contributed by atoms with van der Waals surface area (Å²) in [5.41, 5.74) is 3.45. The molecule has 0 bridgehead atoms. The lowest BCUT2D eigenvalue weighted by atomic mass is 10.1. The third kappa shape index (κ3) is 7.05. The third-order valence-corrected chi connectivity index (χ3v) is 5.58. The van der Waals surface area contributed by atoms with Crippen molar-refractivity contribution in [3.63, 3.8) is 0 Å². The summed E-state index contributed by atoms with van der Waals surface area (Å²) in [6.07, 6.45) is 0.984. The molecular weight excluding hydrogens is 400 g/mol. The van der Waals surface area contributed by atoms with E-state index in [9.17, 15) is 4.79 Å². The molecule has 7 heteroatoms. The summed E-state index contributed by atoms with van der Waals surface area (Å²) in [5, 5.41) is 7.69. The van der Waals surface area contributed by atoms with Gasteiger partial charge in [0.25, 0.3) is 0 Å². The molecule has 0 amide bonds. The molecule has 0 spiro atoms. The van der Waals surface area contributed by atoms with Crippen LogP contribution in [0.5, 0.6) is 0 Å². The Morgan fingerprint density at radius 1 is 1.26 bits per heavy atom. The zero-order chi connectivity index (χ0) is 19.6. The highest BCUT2D eigenvalue weighted by atomic mass is 35.5. The van der Waals surface area contributed by atoms with Crippen LogP contribution in [0, 0.1) is 6.92 Å². The average Bonchev–Trinajstić information content (AvgIpc) is 2.67. The zero-order valence-corrected chi connectivity index (χ0v) is 17.8. The van der Waals surface area contributed by atoms with Crippen LogP contribution in [0.3, 0.4) is 0 Å². The molecule has 4 nitrogen and oxygen atoms in total. The topological polar surface area (TPSA) is 50.4 Å². The second-order valence-corrected chi connectivity index (χ2v) is 7.82. The lowest BCUT2D eigenvalue weighted by Crippen LogP contribution is -2.29. The number of thioether (sulfide) groups is 1. The Hall–Kier alpha value is -1.76. The fourth-order valence-corrected chi connectivity index (χ4v) is 3.80. The summed E-state index contributed by atoms with van der Waals surface area (Å²) in [6, 6.07) is 13.3. The van der Waals surface area contributed by atoms with Gasteiger partial charge in [-0.25, -0.2) is 4.79 Å². The first kappa shape index (κ1) is 21.5. The Morgan fingerprint density at radius 2 is 2.04 bits per heavy atom. The molecule has 27 heavy (non-hydrogen) atoms. The number of carbonyl (C=O) groups is 1. The molecule has 144 valence electrons. The maximum absolute atomic E-state index is 11.6. The molecule has 0 saturated heterocycles. The Labute approximate surface area is 175 Å². The van der Waals surface area contributed by atoms with Crippen LogP contribution in [0.2, 0.25) is 5.02 Å². The summed E-state index contributed by atoms with van der Waals surface area (Å²) < 4.78 is 4.75.